The fourth-order valence-corrected chi connectivity index (χ4v) is 2.74. The van der Waals surface area contributed by atoms with Crippen LogP contribution in [0.3, 0.4) is 0 Å². The number of carbonyl (C=O) groups is 2. The molecule has 3 N–H and O–H groups in total. The lowest BCUT2D eigenvalue weighted by molar-refractivity contribution is -0.120. The monoisotopic (exact) mass is 316 g/mol. The van der Waals surface area contributed by atoms with Gasteiger partial charge in [0.25, 0.3) is 5.91 Å². The van der Waals surface area contributed by atoms with Gasteiger partial charge in [0.1, 0.15) is 5.54 Å². The summed E-state index contributed by atoms with van der Waals surface area (Å²) in [6, 6.07) is 3.81. The number of primary amides is 1. The van der Waals surface area contributed by atoms with Gasteiger partial charge in [-0.3, -0.25) is 9.59 Å². The first-order chi connectivity index (χ1) is 9.14. The molecule has 6 nitrogen and oxygen atoms in total. The van der Waals surface area contributed by atoms with Crippen molar-refractivity contribution < 1.29 is 18.0 Å². The van der Waals surface area contributed by atoms with Gasteiger partial charge in [-0.2, -0.15) is 0 Å². The first-order valence-electron chi connectivity index (χ1n) is 5.77. The Morgan fingerprint density at radius 1 is 1.30 bits per heavy atom. The third-order valence-corrected chi connectivity index (χ3v) is 4.45. The molecule has 1 fully saturated rings. The van der Waals surface area contributed by atoms with Gasteiger partial charge in [0, 0.05) is 16.8 Å². The fourth-order valence-electron chi connectivity index (χ4n) is 1.76. The number of carbonyl (C=O) groups excluding carboxylic acids is 2. The van der Waals surface area contributed by atoms with E-state index in [-0.39, 0.29) is 15.5 Å². The summed E-state index contributed by atoms with van der Waals surface area (Å²) >= 11 is 5.81. The summed E-state index contributed by atoms with van der Waals surface area (Å²) in [4.78, 5) is 23.2. The minimum Gasteiger partial charge on any atom is -0.368 e. The van der Waals surface area contributed by atoms with E-state index >= 15 is 0 Å². The highest BCUT2D eigenvalue weighted by Crippen LogP contribution is 2.35. The second-order valence-corrected chi connectivity index (χ2v) is 7.30. The van der Waals surface area contributed by atoms with Crippen LogP contribution in [0, 0.1) is 0 Å². The molecule has 1 aromatic carbocycles. The summed E-state index contributed by atoms with van der Waals surface area (Å²) < 4.78 is 23.0. The van der Waals surface area contributed by atoms with Gasteiger partial charge in [-0.25, -0.2) is 8.42 Å². The average Bonchev–Trinajstić information content (AvgIpc) is 3.08. The van der Waals surface area contributed by atoms with Crippen molar-refractivity contribution >= 4 is 33.3 Å². The standard InChI is InChI=1S/C12H13ClN2O4S/c1-20(18,19)9-5-7(4-8(13)6-9)10(16)15-12(2-3-12)11(14)17/h4-6H,2-3H2,1H3,(H2,14,17)(H,15,16). The number of sulfone groups is 1. The van der Waals surface area contributed by atoms with Crippen molar-refractivity contribution in [2.45, 2.75) is 23.3 Å². The van der Waals surface area contributed by atoms with Gasteiger partial charge in [-0.1, -0.05) is 11.6 Å². The Balaban J connectivity index is 2.32. The highest BCUT2D eigenvalue weighted by molar-refractivity contribution is 7.90. The van der Waals surface area contributed by atoms with E-state index in [1.165, 1.54) is 18.2 Å². The average molecular weight is 317 g/mol. The summed E-state index contributed by atoms with van der Waals surface area (Å²) in [5.74, 6) is -1.18. The summed E-state index contributed by atoms with van der Waals surface area (Å²) in [5, 5.41) is 2.65. The Morgan fingerprint density at radius 2 is 1.90 bits per heavy atom. The largest absolute Gasteiger partial charge is 0.368 e. The summed E-state index contributed by atoms with van der Waals surface area (Å²) in [6.45, 7) is 0. The van der Waals surface area contributed by atoms with Crippen molar-refractivity contribution in [3.8, 4) is 0 Å². The third kappa shape index (κ3) is 2.94. The number of halogens is 1. The van der Waals surface area contributed by atoms with Crippen LogP contribution in [0.2, 0.25) is 5.02 Å². The quantitative estimate of drug-likeness (QED) is 0.843. The minimum atomic E-state index is -3.48. The predicted molar refractivity (Wildman–Crippen MR) is 73.2 cm³/mol. The molecule has 0 bridgehead atoms. The maximum Gasteiger partial charge on any atom is 0.252 e. The molecule has 1 aliphatic carbocycles. The normalized spacial score (nSPS) is 16.5. The molecule has 0 atom stereocenters. The summed E-state index contributed by atoms with van der Waals surface area (Å²) in [5.41, 5.74) is 4.28. The first kappa shape index (κ1) is 14.8. The zero-order chi connectivity index (χ0) is 15.1. The second kappa shape index (κ2) is 4.75. The van der Waals surface area contributed by atoms with E-state index in [1.807, 2.05) is 0 Å². The molecule has 0 aromatic heterocycles. The molecule has 0 radical (unpaired) electrons. The van der Waals surface area contributed by atoms with E-state index in [2.05, 4.69) is 5.32 Å². The van der Waals surface area contributed by atoms with Gasteiger partial charge < -0.3 is 11.1 Å². The summed E-state index contributed by atoms with van der Waals surface area (Å²) in [7, 11) is -3.48. The van der Waals surface area contributed by atoms with Crippen LogP contribution in [0.5, 0.6) is 0 Å². The Labute approximate surface area is 121 Å². The highest BCUT2D eigenvalue weighted by Gasteiger charge is 2.49. The minimum absolute atomic E-state index is 0.0564. The van der Waals surface area contributed by atoms with Gasteiger partial charge in [0.15, 0.2) is 9.84 Å². The Morgan fingerprint density at radius 3 is 2.35 bits per heavy atom. The molecule has 0 spiro atoms. The number of hydrogen-bond acceptors (Lipinski definition) is 4. The Hall–Kier alpha value is -1.60. The molecule has 108 valence electrons. The molecular weight excluding hydrogens is 304 g/mol. The maximum atomic E-state index is 12.1. The smallest absolute Gasteiger partial charge is 0.252 e. The van der Waals surface area contributed by atoms with Crippen LogP contribution in [-0.4, -0.2) is 32.0 Å². The van der Waals surface area contributed by atoms with Gasteiger partial charge >= 0.3 is 0 Å². The van der Waals surface area contributed by atoms with Crippen LogP contribution in [0.15, 0.2) is 23.1 Å². The van der Waals surface area contributed by atoms with Crippen molar-refractivity contribution in [1.82, 2.24) is 5.32 Å². The van der Waals surface area contributed by atoms with E-state index in [9.17, 15) is 18.0 Å². The van der Waals surface area contributed by atoms with Crippen molar-refractivity contribution in [2.24, 2.45) is 5.73 Å². The predicted octanol–water partition coefficient (Wildman–Crippen LogP) is 0.491. The van der Waals surface area contributed by atoms with Gasteiger partial charge in [-0.15, -0.1) is 0 Å². The number of benzene rings is 1. The molecule has 2 rings (SSSR count). The topological polar surface area (TPSA) is 106 Å². The molecule has 0 heterocycles. The van der Waals surface area contributed by atoms with E-state index in [0.717, 1.165) is 6.26 Å². The number of nitrogens with one attached hydrogen (secondary N) is 1. The molecule has 1 saturated carbocycles. The number of hydrogen-bond donors (Lipinski definition) is 2. The van der Waals surface area contributed by atoms with E-state index in [1.54, 1.807) is 0 Å². The molecular formula is C12H13ClN2O4S. The van der Waals surface area contributed by atoms with Gasteiger partial charge in [0.05, 0.1) is 4.90 Å². The van der Waals surface area contributed by atoms with Crippen LogP contribution in [0.4, 0.5) is 0 Å². The van der Waals surface area contributed by atoms with Gasteiger partial charge in [-0.05, 0) is 31.0 Å². The number of amides is 2. The zero-order valence-electron chi connectivity index (χ0n) is 10.6. The first-order valence-corrected chi connectivity index (χ1v) is 8.04. The Kier molecular flexibility index (Phi) is 3.51. The fraction of sp³-hybridized carbons (Fsp3) is 0.333. The molecule has 1 aromatic rings. The number of rotatable bonds is 4. The molecule has 0 saturated heterocycles. The highest BCUT2D eigenvalue weighted by atomic mass is 35.5. The molecule has 2 amide bonds. The van der Waals surface area contributed by atoms with Gasteiger partial charge in [0.2, 0.25) is 5.91 Å². The van der Waals surface area contributed by atoms with E-state index in [0.29, 0.717) is 12.8 Å². The molecule has 8 heteroatoms. The zero-order valence-corrected chi connectivity index (χ0v) is 12.2. The molecule has 20 heavy (non-hydrogen) atoms. The second-order valence-electron chi connectivity index (χ2n) is 4.85. The van der Waals surface area contributed by atoms with Crippen molar-refractivity contribution in [1.29, 1.82) is 0 Å². The molecule has 1 aliphatic rings. The van der Waals surface area contributed by atoms with E-state index in [4.69, 9.17) is 17.3 Å². The lowest BCUT2D eigenvalue weighted by Crippen LogP contribution is -2.46. The van der Waals surface area contributed by atoms with Crippen LogP contribution < -0.4 is 11.1 Å². The van der Waals surface area contributed by atoms with Crippen LogP contribution in [-0.2, 0) is 14.6 Å². The number of nitrogens with two attached hydrogens (primary N) is 1. The van der Waals surface area contributed by atoms with Crippen LogP contribution >= 0.6 is 11.6 Å². The van der Waals surface area contributed by atoms with Crippen molar-refractivity contribution in [2.75, 3.05) is 6.26 Å². The van der Waals surface area contributed by atoms with Crippen LogP contribution in [0.1, 0.15) is 23.2 Å². The van der Waals surface area contributed by atoms with Crippen molar-refractivity contribution in [3.05, 3.63) is 28.8 Å². The van der Waals surface area contributed by atoms with Crippen molar-refractivity contribution in [3.63, 3.8) is 0 Å². The Bertz CT molecular complexity index is 695. The van der Waals surface area contributed by atoms with E-state index < -0.39 is 27.2 Å². The van der Waals surface area contributed by atoms with Crippen LogP contribution in [0.25, 0.3) is 0 Å². The molecule has 0 aliphatic heterocycles. The summed E-state index contributed by atoms with van der Waals surface area (Å²) in [6.07, 6.45) is 1.98. The third-order valence-electron chi connectivity index (χ3n) is 3.14. The lowest BCUT2D eigenvalue weighted by Gasteiger charge is -2.14. The molecule has 0 unspecified atom stereocenters. The maximum absolute atomic E-state index is 12.1. The lowest BCUT2D eigenvalue weighted by atomic mass is 10.1. The SMILES string of the molecule is CS(=O)(=O)c1cc(Cl)cc(C(=O)NC2(C(N)=O)CC2)c1.